The largest absolute Gasteiger partial charge is 0.392 e. The van der Waals surface area contributed by atoms with Gasteiger partial charge in [-0.1, -0.05) is 12.8 Å². The third-order valence-corrected chi connectivity index (χ3v) is 4.11. The van der Waals surface area contributed by atoms with E-state index in [4.69, 9.17) is 0 Å². The van der Waals surface area contributed by atoms with Crippen LogP contribution in [0, 0.1) is 5.92 Å². The maximum Gasteiger partial charge on any atom is 0.147 e. The number of aliphatic hydroxyl groups excluding tert-OH is 1. The van der Waals surface area contributed by atoms with E-state index < -0.39 is 0 Å². The number of hydrogen-bond acceptors (Lipinski definition) is 4. The zero-order chi connectivity index (χ0) is 11.7. The van der Waals surface area contributed by atoms with E-state index in [1.165, 1.54) is 25.7 Å². The molecule has 5 nitrogen and oxygen atoms in total. The van der Waals surface area contributed by atoms with Crippen LogP contribution in [-0.2, 0) is 13.1 Å². The van der Waals surface area contributed by atoms with Gasteiger partial charge in [0.2, 0.25) is 0 Å². The summed E-state index contributed by atoms with van der Waals surface area (Å²) >= 11 is 0. The maximum absolute atomic E-state index is 10.2. The van der Waals surface area contributed by atoms with E-state index in [1.807, 2.05) is 0 Å². The summed E-state index contributed by atoms with van der Waals surface area (Å²) < 4.78 is 2.10. The molecule has 0 radical (unpaired) electrons. The van der Waals surface area contributed by atoms with E-state index in [-0.39, 0.29) is 6.10 Å². The summed E-state index contributed by atoms with van der Waals surface area (Å²) in [7, 11) is 0. The van der Waals surface area contributed by atoms with E-state index >= 15 is 0 Å². The molecule has 0 spiro atoms. The summed E-state index contributed by atoms with van der Waals surface area (Å²) in [4.78, 5) is 2.30. The molecule has 1 aromatic rings. The van der Waals surface area contributed by atoms with Gasteiger partial charge in [-0.25, -0.2) is 0 Å². The fourth-order valence-electron chi connectivity index (χ4n) is 3.03. The number of β-amino-alcohol motifs (C(OH)–C–C–N with tert-alkyl or cyclic N) is 1. The van der Waals surface area contributed by atoms with Crippen LogP contribution in [0.15, 0.2) is 6.33 Å². The molecule has 0 aromatic carbocycles. The summed E-state index contributed by atoms with van der Waals surface area (Å²) in [5.41, 5.74) is 0. The highest BCUT2D eigenvalue weighted by atomic mass is 16.3. The van der Waals surface area contributed by atoms with Gasteiger partial charge in [0.25, 0.3) is 0 Å². The highest BCUT2D eigenvalue weighted by molar-refractivity contribution is 4.91. The Balaban J connectivity index is 1.56. The Morgan fingerprint density at radius 2 is 2.18 bits per heavy atom. The second-order valence-electron chi connectivity index (χ2n) is 5.29. The summed E-state index contributed by atoms with van der Waals surface area (Å²) in [6.07, 6.45) is 6.61. The van der Waals surface area contributed by atoms with Gasteiger partial charge in [-0.3, -0.25) is 4.90 Å². The molecule has 1 aliphatic heterocycles. The van der Waals surface area contributed by atoms with E-state index in [1.54, 1.807) is 6.33 Å². The fraction of sp³-hybridized carbons (Fsp3) is 0.833. The summed E-state index contributed by atoms with van der Waals surface area (Å²) in [6.45, 7) is 3.55. The Hall–Kier alpha value is -0.940. The molecule has 94 valence electrons. The van der Waals surface area contributed by atoms with Crippen LogP contribution in [-0.4, -0.2) is 44.0 Å². The van der Waals surface area contributed by atoms with Gasteiger partial charge in [-0.2, -0.15) is 0 Å². The number of aliphatic hydroxyl groups is 1. The van der Waals surface area contributed by atoms with Crippen LogP contribution in [0.5, 0.6) is 0 Å². The van der Waals surface area contributed by atoms with E-state index in [2.05, 4.69) is 19.7 Å². The predicted octanol–water partition coefficient (Wildman–Crippen LogP) is 0.645. The maximum atomic E-state index is 10.2. The molecule has 1 saturated carbocycles. The van der Waals surface area contributed by atoms with Gasteiger partial charge in [-0.05, 0) is 18.8 Å². The average Bonchev–Trinajstić information content (AvgIpc) is 2.99. The molecule has 0 amide bonds. The van der Waals surface area contributed by atoms with Crippen molar-refractivity contribution in [1.82, 2.24) is 19.7 Å². The van der Waals surface area contributed by atoms with Crippen LogP contribution < -0.4 is 0 Å². The van der Waals surface area contributed by atoms with Crippen LogP contribution in [0.1, 0.15) is 31.5 Å². The van der Waals surface area contributed by atoms with Gasteiger partial charge in [0, 0.05) is 19.6 Å². The van der Waals surface area contributed by atoms with Gasteiger partial charge in [0.05, 0.1) is 12.6 Å². The molecule has 1 aliphatic carbocycles. The van der Waals surface area contributed by atoms with Crippen LogP contribution in [0.3, 0.4) is 0 Å². The lowest BCUT2D eigenvalue weighted by Gasteiger charge is -2.30. The van der Waals surface area contributed by atoms with Crippen molar-refractivity contribution in [3.63, 3.8) is 0 Å². The topological polar surface area (TPSA) is 54.2 Å². The second-order valence-corrected chi connectivity index (χ2v) is 5.29. The molecule has 3 rings (SSSR count). The third-order valence-electron chi connectivity index (χ3n) is 4.11. The predicted molar refractivity (Wildman–Crippen MR) is 63.3 cm³/mol. The molecule has 5 heteroatoms. The van der Waals surface area contributed by atoms with Crippen molar-refractivity contribution >= 4 is 0 Å². The third kappa shape index (κ3) is 2.35. The Morgan fingerprint density at radius 1 is 1.35 bits per heavy atom. The highest BCUT2D eigenvalue weighted by Crippen LogP contribution is 2.28. The molecule has 1 unspecified atom stereocenters. The molecule has 0 saturated heterocycles. The van der Waals surface area contributed by atoms with Crippen molar-refractivity contribution in [3.05, 3.63) is 12.2 Å². The van der Waals surface area contributed by atoms with Crippen LogP contribution in [0.4, 0.5) is 0 Å². The molecular weight excluding hydrogens is 216 g/mol. The molecular formula is C12H20N4O. The average molecular weight is 236 g/mol. The van der Waals surface area contributed by atoms with Gasteiger partial charge in [-0.15, -0.1) is 10.2 Å². The lowest BCUT2D eigenvalue weighted by atomic mass is 10.0. The zero-order valence-electron chi connectivity index (χ0n) is 10.1. The normalized spacial score (nSPS) is 23.8. The summed E-state index contributed by atoms with van der Waals surface area (Å²) in [6, 6.07) is 0. The van der Waals surface area contributed by atoms with Crippen LogP contribution in [0.25, 0.3) is 0 Å². The minimum Gasteiger partial charge on any atom is -0.392 e. The first kappa shape index (κ1) is 11.2. The first-order chi connectivity index (χ1) is 8.33. The molecule has 1 fully saturated rings. The minimum atomic E-state index is -0.160. The summed E-state index contributed by atoms with van der Waals surface area (Å²) in [5.74, 6) is 1.55. The lowest BCUT2D eigenvalue weighted by Crippen LogP contribution is -2.40. The van der Waals surface area contributed by atoms with Gasteiger partial charge in [0.15, 0.2) is 0 Å². The van der Waals surface area contributed by atoms with E-state index in [0.717, 1.165) is 32.0 Å². The Labute approximate surface area is 101 Å². The van der Waals surface area contributed by atoms with Crippen molar-refractivity contribution in [2.24, 2.45) is 5.92 Å². The van der Waals surface area contributed by atoms with Crippen LogP contribution in [0.2, 0.25) is 0 Å². The number of fused-ring (bicyclic) bond motifs is 1. The first-order valence-electron chi connectivity index (χ1n) is 6.60. The van der Waals surface area contributed by atoms with E-state index in [9.17, 15) is 5.11 Å². The number of nitrogens with zero attached hydrogens (tertiary/aromatic N) is 4. The van der Waals surface area contributed by atoms with Gasteiger partial charge < -0.3 is 9.67 Å². The van der Waals surface area contributed by atoms with Crippen molar-refractivity contribution < 1.29 is 5.11 Å². The van der Waals surface area contributed by atoms with E-state index in [0.29, 0.717) is 5.92 Å². The summed E-state index contributed by atoms with van der Waals surface area (Å²) in [5, 5.41) is 18.2. The second kappa shape index (κ2) is 4.74. The lowest BCUT2D eigenvalue weighted by molar-refractivity contribution is 0.0550. The molecule has 1 atom stereocenters. The van der Waals surface area contributed by atoms with Crippen LogP contribution >= 0.6 is 0 Å². The Kier molecular flexibility index (Phi) is 3.11. The fourth-order valence-corrected chi connectivity index (χ4v) is 3.03. The molecule has 2 heterocycles. The standard InChI is InChI=1S/C12H20N4O/c17-11(10-3-1-2-4-10)7-15-5-6-16-9-13-14-12(16)8-15/h9-11,17H,1-8H2. The number of hydrogen-bond donors (Lipinski definition) is 1. The number of rotatable bonds is 3. The molecule has 2 aliphatic rings. The Bertz CT molecular complexity index is 372. The van der Waals surface area contributed by atoms with Crippen molar-refractivity contribution in [2.45, 2.75) is 44.9 Å². The smallest absolute Gasteiger partial charge is 0.147 e. The SMILES string of the molecule is OC(CN1CCn2cnnc2C1)C1CCCC1. The van der Waals surface area contributed by atoms with Crippen molar-refractivity contribution in [2.75, 3.05) is 13.1 Å². The zero-order valence-corrected chi connectivity index (χ0v) is 10.1. The van der Waals surface area contributed by atoms with Crippen molar-refractivity contribution in [1.29, 1.82) is 0 Å². The monoisotopic (exact) mass is 236 g/mol. The number of aromatic nitrogens is 3. The minimum absolute atomic E-state index is 0.160. The highest BCUT2D eigenvalue weighted by Gasteiger charge is 2.26. The quantitative estimate of drug-likeness (QED) is 0.837. The van der Waals surface area contributed by atoms with Gasteiger partial charge >= 0.3 is 0 Å². The Morgan fingerprint density at radius 3 is 3.00 bits per heavy atom. The van der Waals surface area contributed by atoms with Gasteiger partial charge in [0.1, 0.15) is 12.2 Å². The first-order valence-corrected chi connectivity index (χ1v) is 6.60. The molecule has 17 heavy (non-hydrogen) atoms. The molecule has 0 bridgehead atoms. The van der Waals surface area contributed by atoms with Crippen molar-refractivity contribution in [3.8, 4) is 0 Å². The molecule has 1 aromatic heterocycles. The molecule has 1 N–H and O–H groups in total.